The molecule has 0 saturated carbocycles. The molecule has 1 heterocycles. The van der Waals surface area contributed by atoms with E-state index in [0.717, 1.165) is 13.0 Å². The number of ether oxygens (including phenoxy) is 1. The summed E-state index contributed by atoms with van der Waals surface area (Å²) >= 11 is 0. The van der Waals surface area contributed by atoms with Crippen LogP contribution < -0.4 is 0 Å². The number of rotatable bonds is 2. The number of carbonyl (C=O) groups is 1. The molecule has 0 N–H and O–H groups in total. The summed E-state index contributed by atoms with van der Waals surface area (Å²) in [6.45, 7) is 1.11. The Bertz CT molecular complexity index is 152. The summed E-state index contributed by atoms with van der Waals surface area (Å²) in [6.07, 6.45) is 2.89. The Balaban J connectivity index is 0.00000121. The maximum atomic E-state index is 10.9. The molecule has 4 heteroatoms. The van der Waals surface area contributed by atoms with Gasteiger partial charge in [0, 0.05) is 6.04 Å². The van der Waals surface area contributed by atoms with Gasteiger partial charge in [-0.3, -0.25) is 4.79 Å². The molecule has 1 fully saturated rings. The average Bonchev–Trinajstić information content (AvgIpc) is 2.37. The van der Waals surface area contributed by atoms with Crippen LogP contribution in [0.3, 0.4) is 0 Å². The minimum Gasteiger partial charge on any atom is -0.469 e. The van der Waals surface area contributed by atoms with E-state index < -0.39 is 0 Å². The minimum absolute atomic E-state index is 0. The molecule has 1 atom stereocenters. The molecule has 1 saturated heterocycles. The third kappa shape index (κ3) is 2.99. The fraction of sp³-hybridized carbons (Fsp3) is 0.875. The molecule has 1 rings (SSSR count). The normalized spacial score (nSPS) is 23.3. The standard InChI is InChI=1S/C8H15NO2.ClH/c1-9-5-3-4-7(9)6-8(10)11-2;/h7H,3-6H2,1-2H3;1H/t7-;/m1./s1. The third-order valence-corrected chi connectivity index (χ3v) is 2.30. The highest BCUT2D eigenvalue weighted by atomic mass is 35.5. The van der Waals surface area contributed by atoms with E-state index in [4.69, 9.17) is 0 Å². The van der Waals surface area contributed by atoms with Crippen LogP contribution in [0.5, 0.6) is 0 Å². The number of methoxy groups -OCH3 is 1. The lowest BCUT2D eigenvalue weighted by Crippen LogP contribution is -2.27. The van der Waals surface area contributed by atoms with Gasteiger partial charge in [0.15, 0.2) is 0 Å². The molecule has 1 aliphatic rings. The maximum Gasteiger partial charge on any atom is 0.307 e. The Morgan fingerprint density at radius 2 is 2.33 bits per heavy atom. The van der Waals surface area contributed by atoms with Crippen LogP contribution in [0.2, 0.25) is 0 Å². The van der Waals surface area contributed by atoms with Crippen LogP contribution in [0.4, 0.5) is 0 Å². The second kappa shape index (κ2) is 5.38. The first-order chi connectivity index (χ1) is 5.24. The van der Waals surface area contributed by atoms with Crippen molar-refractivity contribution in [2.24, 2.45) is 0 Å². The van der Waals surface area contributed by atoms with Crippen molar-refractivity contribution in [1.29, 1.82) is 0 Å². The van der Waals surface area contributed by atoms with Crippen LogP contribution in [0, 0.1) is 0 Å². The average molecular weight is 194 g/mol. The second-order valence-corrected chi connectivity index (χ2v) is 3.06. The number of hydrogen-bond acceptors (Lipinski definition) is 3. The van der Waals surface area contributed by atoms with Crippen LogP contribution >= 0.6 is 12.4 Å². The van der Waals surface area contributed by atoms with E-state index in [-0.39, 0.29) is 18.4 Å². The fourth-order valence-electron chi connectivity index (χ4n) is 1.51. The molecule has 0 aromatic heterocycles. The molecule has 3 nitrogen and oxygen atoms in total. The number of carbonyl (C=O) groups excluding carboxylic acids is 1. The van der Waals surface area contributed by atoms with Crippen molar-refractivity contribution in [2.45, 2.75) is 25.3 Å². The summed E-state index contributed by atoms with van der Waals surface area (Å²) in [7, 11) is 3.50. The molecule has 0 aromatic rings. The lowest BCUT2D eigenvalue weighted by atomic mass is 10.1. The molecule has 0 spiro atoms. The van der Waals surface area contributed by atoms with Crippen molar-refractivity contribution in [1.82, 2.24) is 4.90 Å². The van der Waals surface area contributed by atoms with Gasteiger partial charge in [-0.15, -0.1) is 12.4 Å². The van der Waals surface area contributed by atoms with Gasteiger partial charge in [0.25, 0.3) is 0 Å². The molecule has 0 radical (unpaired) electrons. The summed E-state index contributed by atoms with van der Waals surface area (Å²) in [5.41, 5.74) is 0. The predicted octanol–water partition coefficient (Wildman–Crippen LogP) is 1.07. The second-order valence-electron chi connectivity index (χ2n) is 3.06. The molecular weight excluding hydrogens is 178 g/mol. The third-order valence-electron chi connectivity index (χ3n) is 2.30. The quantitative estimate of drug-likeness (QED) is 0.615. The fourth-order valence-corrected chi connectivity index (χ4v) is 1.51. The van der Waals surface area contributed by atoms with Crippen LogP contribution in [0.15, 0.2) is 0 Å². The zero-order valence-electron chi connectivity index (χ0n) is 7.58. The van der Waals surface area contributed by atoms with Crippen LogP contribution in [-0.4, -0.2) is 37.6 Å². The number of likely N-dealkylation sites (tertiary alicyclic amines) is 1. The van der Waals surface area contributed by atoms with Gasteiger partial charge in [-0.1, -0.05) is 0 Å². The molecular formula is C8H16ClNO2. The molecule has 0 aromatic carbocycles. The zero-order chi connectivity index (χ0) is 8.27. The van der Waals surface area contributed by atoms with E-state index in [1.807, 2.05) is 0 Å². The van der Waals surface area contributed by atoms with Gasteiger partial charge in [0.1, 0.15) is 0 Å². The minimum atomic E-state index is -0.0938. The zero-order valence-corrected chi connectivity index (χ0v) is 8.39. The lowest BCUT2D eigenvalue weighted by Gasteiger charge is -2.17. The molecule has 12 heavy (non-hydrogen) atoms. The van der Waals surface area contributed by atoms with Gasteiger partial charge in [-0.05, 0) is 26.4 Å². The highest BCUT2D eigenvalue weighted by Gasteiger charge is 2.23. The largest absolute Gasteiger partial charge is 0.469 e. The van der Waals surface area contributed by atoms with E-state index in [1.165, 1.54) is 13.5 Å². The van der Waals surface area contributed by atoms with E-state index in [0.29, 0.717) is 12.5 Å². The smallest absolute Gasteiger partial charge is 0.307 e. The predicted molar refractivity (Wildman–Crippen MR) is 49.5 cm³/mol. The van der Waals surface area contributed by atoms with Gasteiger partial charge in [0.05, 0.1) is 13.5 Å². The van der Waals surface area contributed by atoms with E-state index in [1.54, 1.807) is 0 Å². The summed E-state index contributed by atoms with van der Waals surface area (Å²) < 4.78 is 4.59. The van der Waals surface area contributed by atoms with Crippen molar-refractivity contribution in [3.63, 3.8) is 0 Å². The number of hydrogen-bond donors (Lipinski definition) is 0. The van der Waals surface area contributed by atoms with Crippen molar-refractivity contribution < 1.29 is 9.53 Å². The Kier molecular flexibility index (Phi) is 5.25. The SMILES string of the molecule is COC(=O)C[C@H]1CCCN1C.Cl. The Morgan fingerprint density at radius 1 is 1.67 bits per heavy atom. The Labute approximate surface area is 79.5 Å². The summed E-state index contributed by atoms with van der Waals surface area (Å²) in [5.74, 6) is -0.0938. The highest BCUT2D eigenvalue weighted by molar-refractivity contribution is 5.85. The van der Waals surface area contributed by atoms with Crippen molar-refractivity contribution in [3.05, 3.63) is 0 Å². The summed E-state index contributed by atoms with van der Waals surface area (Å²) in [5, 5.41) is 0. The topological polar surface area (TPSA) is 29.5 Å². The van der Waals surface area contributed by atoms with Crippen LogP contribution in [0.1, 0.15) is 19.3 Å². The molecule has 1 aliphatic heterocycles. The molecule has 72 valence electrons. The summed E-state index contributed by atoms with van der Waals surface area (Å²) in [6, 6.07) is 0.419. The Hall–Kier alpha value is -0.280. The number of nitrogens with zero attached hydrogens (tertiary/aromatic N) is 1. The van der Waals surface area contributed by atoms with E-state index >= 15 is 0 Å². The first-order valence-electron chi connectivity index (χ1n) is 4.01. The van der Waals surface area contributed by atoms with Crippen molar-refractivity contribution >= 4 is 18.4 Å². The van der Waals surface area contributed by atoms with Gasteiger partial charge in [-0.25, -0.2) is 0 Å². The molecule has 0 aliphatic carbocycles. The van der Waals surface area contributed by atoms with Gasteiger partial charge in [0.2, 0.25) is 0 Å². The Morgan fingerprint density at radius 3 is 2.75 bits per heavy atom. The summed E-state index contributed by atoms with van der Waals surface area (Å²) in [4.78, 5) is 13.1. The van der Waals surface area contributed by atoms with E-state index in [9.17, 15) is 4.79 Å². The lowest BCUT2D eigenvalue weighted by molar-refractivity contribution is -0.141. The number of esters is 1. The van der Waals surface area contributed by atoms with Crippen LogP contribution in [-0.2, 0) is 9.53 Å². The number of halogens is 1. The monoisotopic (exact) mass is 193 g/mol. The maximum absolute atomic E-state index is 10.9. The van der Waals surface area contributed by atoms with Crippen LogP contribution in [0.25, 0.3) is 0 Å². The highest BCUT2D eigenvalue weighted by Crippen LogP contribution is 2.17. The van der Waals surface area contributed by atoms with Crippen molar-refractivity contribution in [2.75, 3.05) is 20.7 Å². The van der Waals surface area contributed by atoms with Gasteiger partial charge < -0.3 is 9.64 Å². The van der Waals surface area contributed by atoms with Gasteiger partial charge in [-0.2, -0.15) is 0 Å². The van der Waals surface area contributed by atoms with E-state index in [2.05, 4.69) is 16.7 Å². The van der Waals surface area contributed by atoms with Crippen molar-refractivity contribution in [3.8, 4) is 0 Å². The van der Waals surface area contributed by atoms with Gasteiger partial charge >= 0.3 is 5.97 Å². The molecule has 0 bridgehead atoms. The first-order valence-corrected chi connectivity index (χ1v) is 4.01. The molecule has 0 unspecified atom stereocenters. The molecule has 0 amide bonds. The first kappa shape index (κ1) is 11.7.